The van der Waals surface area contributed by atoms with Crippen LogP contribution in [0.5, 0.6) is 11.5 Å². The summed E-state index contributed by atoms with van der Waals surface area (Å²) in [5.41, 5.74) is 5.63. The Bertz CT molecular complexity index is 985. The summed E-state index contributed by atoms with van der Waals surface area (Å²) in [6, 6.07) is 12.9. The molecule has 2 N–H and O–H groups in total. The summed E-state index contributed by atoms with van der Waals surface area (Å²) in [5, 5.41) is 6.19. The summed E-state index contributed by atoms with van der Waals surface area (Å²) in [6.45, 7) is 6.22. The van der Waals surface area contributed by atoms with Gasteiger partial charge in [0.2, 0.25) is 0 Å². The van der Waals surface area contributed by atoms with E-state index in [4.69, 9.17) is 9.47 Å². The van der Waals surface area contributed by atoms with Gasteiger partial charge < -0.3 is 20.1 Å². The number of anilines is 3. The van der Waals surface area contributed by atoms with Gasteiger partial charge in [0.15, 0.2) is 0 Å². The molecule has 0 atom stereocenters. The molecule has 0 fully saturated rings. The van der Waals surface area contributed by atoms with Crippen LogP contribution in [0.1, 0.15) is 27.0 Å². The molecular weight excluding hydrogens is 366 g/mol. The number of benzene rings is 2. The highest BCUT2D eigenvalue weighted by atomic mass is 16.5. The van der Waals surface area contributed by atoms with Crippen molar-refractivity contribution in [2.45, 2.75) is 20.8 Å². The van der Waals surface area contributed by atoms with Gasteiger partial charge in [0.05, 0.1) is 26.1 Å². The van der Waals surface area contributed by atoms with E-state index in [1.165, 1.54) is 5.56 Å². The van der Waals surface area contributed by atoms with Gasteiger partial charge in [0.1, 0.15) is 17.3 Å². The molecule has 0 aliphatic heterocycles. The van der Waals surface area contributed by atoms with Gasteiger partial charge in [-0.3, -0.25) is 4.79 Å². The van der Waals surface area contributed by atoms with Crippen LogP contribution >= 0.6 is 0 Å². The monoisotopic (exact) mass is 391 g/mol. The Morgan fingerprint density at radius 2 is 1.52 bits per heavy atom. The quantitative estimate of drug-likeness (QED) is 0.617. The molecule has 0 unspecified atom stereocenters. The largest absolute Gasteiger partial charge is 0.497 e. The number of nitrogens with one attached hydrogen (secondary N) is 2. The van der Waals surface area contributed by atoms with E-state index < -0.39 is 0 Å². The van der Waals surface area contributed by atoms with Crippen molar-refractivity contribution in [2.24, 2.45) is 0 Å². The number of pyridine rings is 1. The summed E-state index contributed by atoms with van der Waals surface area (Å²) in [7, 11) is 3.09. The molecule has 0 saturated heterocycles. The standard InChI is InChI=1S/C23H25N3O3/c1-14-8-15(2)22(16(3)9-14)26-21-7-6-18(13-24-21)25-23(27)17-10-19(28-4)12-20(11-17)29-5/h6-13H,1-5H3,(H,24,26)(H,25,27). The van der Waals surface area contributed by atoms with Crippen molar-refractivity contribution in [3.05, 3.63) is 70.9 Å². The molecule has 6 nitrogen and oxygen atoms in total. The Balaban J connectivity index is 1.73. The minimum Gasteiger partial charge on any atom is -0.497 e. The normalized spacial score (nSPS) is 10.4. The minimum atomic E-state index is -0.269. The highest BCUT2D eigenvalue weighted by Crippen LogP contribution is 2.26. The van der Waals surface area contributed by atoms with Gasteiger partial charge in [-0.25, -0.2) is 4.98 Å². The Labute approximate surface area is 170 Å². The van der Waals surface area contributed by atoms with E-state index in [9.17, 15) is 4.79 Å². The number of carbonyl (C=O) groups excluding carboxylic acids is 1. The highest BCUT2D eigenvalue weighted by molar-refractivity contribution is 6.04. The first-order chi connectivity index (χ1) is 13.9. The number of nitrogens with zero attached hydrogens (tertiary/aromatic N) is 1. The van der Waals surface area contributed by atoms with Gasteiger partial charge in [0.25, 0.3) is 5.91 Å². The van der Waals surface area contributed by atoms with E-state index in [0.29, 0.717) is 28.6 Å². The third-order valence-corrected chi connectivity index (χ3v) is 4.57. The second kappa shape index (κ2) is 8.65. The van der Waals surface area contributed by atoms with Crippen molar-refractivity contribution in [2.75, 3.05) is 24.9 Å². The van der Waals surface area contributed by atoms with Gasteiger partial charge in [-0.2, -0.15) is 0 Å². The van der Waals surface area contributed by atoms with Crippen LogP contribution in [0.15, 0.2) is 48.7 Å². The minimum absolute atomic E-state index is 0.269. The fourth-order valence-electron chi connectivity index (χ4n) is 3.19. The van der Waals surface area contributed by atoms with Crippen LogP contribution in [0.2, 0.25) is 0 Å². The molecule has 1 amide bonds. The Hall–Kier alpha value is -3.54. The second-order valence-electron chi connectivity index (χ2n) is 6.89. The van der Waals surface area contributed by atoms with Crippen LogP contribution < -0.4 is 20.1 Å². The van der Waals surface area contributed by atoms with Crippen LogP contribution in [0, 0.1) is 20.8 Å². The molecule has 0 bridgehead atoms. The Kier molecular flexibility index (Phi) is 6.02. The van der Waals surface area contributed by atoms with E-state index in [1.54, 1.807) is 38.6 Å². The maximum atomic E-state index is 12.6. The predicted molar refractivity (Wildman–Crippen MR) is 116 cm³/mol. The van der Waals surface area contributed by atoms with Crippen molar-refractivity contribution >= 4 is 23.1 Å². The van der Waals surface area contributed by atoms with Crippen LogP contribution in [0.25, 0.3) is 0 Å². The molecule has 3 rings (SSSR count). The first-order valence-electron chi connectivity index (χ1n) is 9.25. The van der Waals surface area contributed by atoms with E-state index in [0.717, 1.165) is 16.8 Å². The topological polar surface area (TPSA) is 72.5 Å². The van der Waals surface area contributed by atoms with Crippen LogP contribution in [-0.2, 0) is 0 Å². The molecule has 0 aliphatic rings. The summed E-state index contributed by atoms with van der Waals surface area (Å²) in [4.78, 5) is 17.0. The zero-order chi connectivity index (χ0) is 21.0. The summed E-state index contributed by atoms with van der Waals surface area (Å²) < 4.78 is 10.4. The first-order valence-corrected chi connectivity index (χ1v) is 9.25. The fourth-order valence-corrected chi connectivity index (χ4v) is 3.19. The number of carbonyl (C=O) groups is 1. The predicted octanol–water partition coefficient (Wildman–Crippen LogP) is 5.02. The third kappa shape index (κ3) is 4.85. The second-order valence-corrected chi connectivity index (χ2v) is 6.89. The number of aromatic nitrogens is 1. The molecule has 0 aliphatic carbocycles. The number of aryl methyl sites for hydroxylation is 3. The SMILES string of the molecule is COc1cc(OC)cc(C(=O)Nc2ccc(Nc3c(C)cc(C)cc3C)nc2)c1. The molecule has 0 radical (unpaired) electrons. The molecule has 2 aromatic carbocycles. The fraction of sp³-hybridized carbons (Fsp3) is 0.217. The molecule has 1 aromatic heterocycles. The zero-order valence-corrected chi connectivity index (χ0v) is 17.3. The molecule has 6 heteroatoms. The average molecular weight is 391 g/mol. The molecule has 150 valence electrons. The number of methoxy groups -OCH3 is 2. The van der Waals surface area contributed by atoms with E-state index in [2.05, 4.69) is 48.5 Å². The van der Waals surface area contributed by atoms with Crippen molar-refractivity contribution in [1.29, 1.82) is 0 Å². The number of hydrogen-bond donors (Lipinski definition) is 2. The van der Waals surface area contributed by atoms with Crippen molar-refractivity contribution in [3.8, 4) is 11.5 Å². The van der Waals surface area contributed by atoms with E-state index >= 15 is 0 Å². The van der Waals surface area contributed by atoms with Gasteiger partial charge in [-0.15, -0.1) is 0 Å². The van der Waals surface area contributed by atoms with Gasteiger partial charge in [-0.05, 0) is 56.2 Å². The molecule has 0 saturated carbocycles. The average Bonchev–Trinajstić information content (AvgIpc) is 2.71. The summed E-state index contributed by atoms with van der Waals surface area (Å²) in [5.74, 6) is 1.54. The Morgan fingerprint density at radius 1 is 0.897 bits per heavy atom. The lowest BCUT2D eigenvalue weighted by molar-refractivity contribution is 0.102. The van der Waals surface area contributed by atoms with Crippen LogP contribution in [0.3, 0.4) is 0 Å². The van der Waals surface area contributed by atoms with Crippen molar-refractivity contribution in [1.82, 2.24) is 4.98 Å². The zero-order valence-electron chi connectivity index (χ0n) is 17.3. The number of hydrogen-bond acceptors (Lipinski definition) is 5. The maximum Gasteiger partial charge on any atom is 0.255 e. The highest BCUT2D eigenvalue weighted by Gasteiger charge is 2.11. The lowest BCUT2D eigenvalue weighted by Crippen LogP contribution is -2.12. The molecular formula is C23H25N3O3. The van der Waals surface area contributed by atoms with Crippen molar-refractivity contribution in [3.63, 3.8) is 0 Å². The van der Waals surface area contributed by atoms with Crippen molar-refractivity contribution < 1.29 is 14.3 Å². The Morgan fingerprint density at radius 3 is 2.03 bits per heavy atom. The molecule has 1 heterocycles. The summed E-state index contributed by atoms with van der Waals surface area (Å²) >= 11 is 0. The molecule has 3 aromatic rings. The van der Waals surface area contributed by atoms with Crippen LogP contribution in [-0.4, -0.2) is 25.1 Å². The third-order valence-electron chi connectivity index (χ3n) is 4.57. The van der Waals surface area contributed by atoms with Crippen LogP contribution in [0.4, 0.5) is 17.2 Å². The van der Waals surface area contributed by atoms with E-state index in [-0.39, 0.29) is 5.91 Å². The van der Waals surface area contributed by atoms with E-state index in [1.807, 2.05) is 12.1 Å². The summed E-state index contributed by atoms with van der Waals surface area (Å²) in [6.07, 6.45) is 1.62. The molecule has 0 spiro atoms. The number of amides is 1. The lowest BCUT2D eigenvalue weighted by atomic mass is 10.1. The lowest BCUT2D eigenvalue weighted by Gasteiger charge is -2.14. The first kappa shape index (κ1) is 20.2. The number of rotatable bonds is 6. The smallest absolute Gasteiger partial charge is 0.255 e. The number of ether oxygens (including phenoxy) is 2. The maximum absolute atomic E-state index is 12.6. The van der Waals surface area contributed by atoms with Gasteiger partial charge in [-0.1, -0.05) is 17.7 Å². The van der Waals surface area contributed by atoms with Gasteiger partial charge >= 0.3 is 0 Å². The van der Waals surface area contributed by atoms with Gasteiger partial charge in [0, 0.05) is 17.3 Å². The molecule has 29 heavy (non-hydrogen) atoms.